The van der Waals surface area contributed by atoms with Crippen molar-refractivity contribution < 1.29 is 37.0 Å². The summed E-state index contributed by atoms with van der Waals surface area (Å²) in [4.78, 5) is 37.0. The van der Waals surface area contributed by atoms with Crippen LogP contribution in [0.15, 0.2) is 53.4 Å². The molecule has 34 heavy (non-hydrogen) atoms. The minimum atomic E-state index is -3.96. The second-order valence-corrected chi connectivity index (χ2v) is 9.94. The first-order valence-corrected chi connectivity index (χ1v) is 12.2. The molecule has 0 saturated carbocycles. The fraction of sp³-hybridized carbons (Fsp3) is 0.318. The number of ether oxygens (including phenoxy) is 3. The van der Waals surface area contributed by atoms with Gasteiger partial charge in [0.05, 0.1) is 4.90 Å². The van der Waals surface area contributed by atoms with Crippen molar-refractivity contribution in [1.29, 1.82) is 0 Å². The number of para-hydroxylation sites is 2. The summed E-state index contributed by atoms with van der Waals surface area (Å²) in [5, 5.41) is 2.48. The van der Waals surface area contributed by atoms with Crippen LogP contribution in [0.25, 0.3) is 0 Å². The molecule has 10 nitrogen and oxygen atoms in total. The van der Waals surface area contributed by atoms with Gasteiger partial charge in [-0.15, -0.1) is 0 Å². The molecule has 2 aliphatic heterocycles. The van der Waals surface area contributed by atoms with Crippen LogP contribution in [-0.2, 0) is 29.1 Å². The molecule has 0 spiro atoms. The van der Waals surface area contributed by atoms with E-state index in [-0.39, 0.29) is 24.5 Å². The third-order valence-corrected chi connectivity index (χ3v) is 7.48. The van der Waals surface area contributed by atoms with Crippen molar-refractivity contribution in [3.8, 4) is 11.5 Å². The van der Waals surface area contributed by atoms with Gasteiger partial charge in [0.15, 0.2) is 18.1 Å². The molecule has 180 valence electrons. The Labute approximate surface area is 200 Å². The minimum Gasteiger partial charge on any atom is -0.485 e. The first kappa shape index (κ1) is 24.0. The number of rotatable bonds is 6. The summed E-state index contributed by atoms with van der Waals surface area (Å²) in [6.45, 7) is -0.703. The number of halogens is 1. The van der Waals surface area contributed by atoms with Crippen LogP contribution < -0.4 is 14.8 Å². The van der Waals surface area contributed by atoms with Gasteiger partial charge < -0.3 is 14.2 Å². The summed E-state index contributed by atoms with van der Waals surface area (Å²) >= 11 is 5.82. The largest absolute Gasteiger partial charge is 0.485 e. The molecule has 0 aliphatic carbocycles. The van der Waals surface area contributed by atoms with Crippen LogP contribution in [0.4, 0.5) is 0 Å². The SMILES string of the molecule is O=C(COC(=O)C1CCCN1S(=O)(=O)c1ccc(Cl)cc1)NC(=O)C1COc2ccccc2O1. The van der Waals surface area contributed by atoms with Crippen molar-refractivity contribution in [3.05, 3.63) is 53.6 Å². The molecular weight excluding hydrogens is 488 g/mol. The van der Waals surface area contributed by atoms with Gasteiger partial charge in [-0.1, -0.05) is 23.7 Å². The molecule has 2 heterocycles. The van der Waals surface area contributed by atoms with E-state index in [0.717, 1.165) is 4.31 Å². The first-order valence-electron chi connectivity index (χ1n) is 10.4. The van der Waals surface area contributed by atoms with Crippen molar-refractivity contribution in [2.45, 2.75) is 29.9 Å². The third-order valence-electron chi connectivity index (χ3n) is 5.31. The summed E-state index contributed by atoms with van der Waals surface area (Å²) in [5.74, 6) is -1.63. The zero-order valence-corrected chi connectivity index (χ0v) is 19.4. The second-order valence-electron chi connectivity index (χ2n) is 7.61. The molecule has 1 saturated heterocycles. The number of benzene rings is 2. The summed E-state index contributed by atoms with van der Waals surface area (Å²) in [6.07, 6.45) is -0.347. The lowest BCUT2D eigenvalue weighted by molar-refractivity contribution is -0.153. The van der Waals surface area contributed by atoms with E-state index in [2.05, 4.69) is 5.32 Å². The highest BCUT2D eigenvalue weighted by molar-refractivity contribution is 7.89. The van der Waals surface area contributed by atoms with Gasteiger partial charge in [-0.2, -0.15) is 4.31 Å². The number of esters is 1. The van der Waals surface area contributed by atoms with Gasteiger partial charge in [-0.3, -0.25) is 19.7 Å². The number of hydrogen-bond acceptors (Lipinski definition) is 8. The van der Waals surface area contributed by atoms with Crippen molar-refractivity contribution in [2.24, 2.45) is 0 Å². The van der Waals surface area contributed by atoms with E-state index in [0.29, 0.717) is 22.9 Å². The molecule has 0 radical (unpaired) electrons. The summed E-state index contributed by atoms with van der Waals surface area (Å²) in [5.41, 5.74) is 0. The number of fused-ring (bicyclic) bond motifs is 1. The number of hydrogen-bond donors (Lipinski definition) is 1. The van der Waals surface area contributed by atoms with E-state index in [4.69, 9.17) is 25.8 Å². The van der Waals surface area contributed by atoms with E-state index in [1.54, 1.807) is 24.3 Å². The van der Waals surface area contributed by atoms with Crippen LogP contribution in [0.1, 0.15) is 12.8 Å². The van der Waals surface area contributed by atoms with Crippen molar-refractivity contribution in [1.82, 2.24) is 9.62 Å². The minimum absolute atomic E-state index is 0.00351. The lowest BCUT2D eigenvalue weighted by Crippen LogP contribution is -2.47. The molecule has 4 rings (SSSR count). The number of carbonyl (C=O) groups excluding carboxylic acids is 3. The van der Waals surface area contributed by atoms with Crippen molar-refractivity contribution >= 4 is 39.4 Å². The quantitative estimate of drug-likeness (QED) is 0.582. The fourth-order valence-corrected chi connectivity index (χ4v) is 5.41. The summed E-state index contributed by atoms with van der Waals surface area (Å²) < 4.78 is 42.9. The van der Waals surface area contributed by atoms with Gasteiger partial charge in [0, 0.05) is 11.6 Å². The Morgan fingerprint density at radius 1 is 1.09 bits per heavy atom. The summed E-state index contributed by atoms with van der Waals surface area (Å²) in [7, 11) is -3.96. The van der Waals surface area contributed by atoms with Crippen molar-refractivity contribution in [3.63, 3.8) is 0 Å². The average Bonchev–Trinajstić information content (AvgIpc) is 3.33. The predicted octanol–water partition coefficient (Wildman–Crippen LogP) is 1.52. The molecule has 2 unspecified atom stereocenters. The zero-order chi connectivity index (χ0) is 24.3. The topological polar surface area (TPSA) is 128 Å². The first-order chi connectivity index (χ1) is 16.3. The van der Waals surface area contributed by atoms with Gasteiger partial charge in [0.1, 0.15) is 12.6 Å². The van der Waals surface area contributed by atoms with E-state index in [1.807, 2.05) is 0 Å². The molecule has 0 bridgehead atoms. The molecule has 2 aliphatic rings. The highest BCUT2D eigenvalue weighted by Crippen LogP contribution is 2.31. The Kier molecular flexibility index (Phi) is 7.05. The molecule has 1 fully saturated rings. The molecule has 2 aromatic carbocycles. The van der Waals surface area contributed by atoms with Gasteiger partial charge in [0.25, 0.3) is 11.8 Å². The Morgan fingerprint density at radius 3 is 2.53 bits per heavy atom. The number of nitrogens with zero attached hydrogens (tertiary/aromatic N) is 1. The van der Waals surface area contributed by atoms with Crippen LogP contribution in [-0.4, -0.2) is 62.4 Å². The predicted molar refractivity (Wildman–Crippen MR) is 119 cm³/mol. The molecule has 1 N–H and O–H groups in total. The zero-order valence-electron chi connectivity index (χ0n) is 17.8. The number of carbonyl (C=O) groups is 3. The van der Waals surface area contributed by atoms with E-state index < -0.39 is 46.6 Å². The molecule has 2 atom stereocenters. The van der Waals surface area contributed by atoms with Gasteiger partial charge in [-0.25, -0.2) is 8.42 Å². The lowest BCUT2D eigenvalue weighted by Gasteiger charge is -2.25. The smallest absolute Gasteiger partial charge is 0.324 e. The molecule has 0 aromatic heterocycles. The van der Waals surface area contributed by atoms with E-state index in [1.165, 1.54) is 24.3 Å². The molecule has 12 heteroatoms. The van der Waals surface area contributed by atoms with Crippen LogP contribution in [0.2, 0.25) is 5.02 Å². The second kappa shape index (κ2) is 10.00. The standard InChI is InChI=1S/C22H21ClN2O8S/c23-14-7-9-15(10-8-14)34(29,30)25-11-3-4-16(25)22(28)32-13-20(26)24-21(27)19-12-31-17-5-1-2-6-18(17)33-19/h1-2,5-10,16,19H,3-4,11-13H2,(H,24,26,27). The highest BCUT2D eigenvalue weighted by atomic mass is 35.5. The number of amides is 2. The maximum atomic E-state index is 12.9. The summed E-state index contributed by atoms with van der Waals surface area (Å²) in [6, 6.07) is 11.3. The number of imide groups is 1. The highest BCUT2D eigenvalue weighted by Gasteiger charge is 2.40. The maximum absolute atomic E-state index is 12.9. The normalized spacial score (nSPS) is 19.9. The Bertz CT molecular complexity index is 1200. The van der Waals surface area contributed by atoms with Gasteiger partial charge in [-0.05, 0) is 49.2 Å². The van der Waals surface area contributed by atoms with Crippen LogP contribution >= 0.6 is 11.6 Å². The monoisotopic (exact) mass is 508 g/mol. The molecule has 2 aromatic rings. The lowest BCUT2D eigenvalue weighted by atomic mass is 10.2. The molecule has 2 amide bonds. The fourth-order valence-electron chi connectivity index (χ4n) is 3.64. The van der Waals surface area contributed by atoms with Crippen molar-refractivity contribution in [2.75, 3.05) is 19.8 Å². The van der Waals surface area contributed by atoms with Crippen LogP contribution in [0, 0.1) is 0 Å². The number of sulfonamides is 1. The van der Waals surface area contributed by atoms with E-state index in [9.17, 15) is 22.8 Å². The van der Waals surface area contributed by atoms with Gasteiger partial charge >= 0.3 is 5.97 Å². The van der Waals surface area contributed by atoms with Gasteiger partial charge in [0.2, 0.25) is 16.1 Å². The average molecular weight is 509 g/mol. The third kappa shape index (κ3) is 5.16. The van der Waals surface area contributed by atoms with Crippen LogP contribution in [0.3, 0.4) is 0 Å². The van der Waals surface area contributed by atoms with E-state index >= 15 is 0 Å². The Hall–Kier alpha value is -3.15. The Morgan fingerprint density at radius 2 is 1.79 bits per heavy atom. The Balaban J connectivity index is 1.31. The molecular formula is C22H21ClN2O8S. The van der Waals surface area contributed by atoms with Crippen LogP contribution in [0.5, 0.6) is 11.5 Å². The number of nitrogens with one attached hydrogen (secondary N) is 1. The maximum Gasteiger partial charge on any atom is 0.324 e.